The average molecular weight is 389 g/mol. The number of hydrogen-bond acceptors (Lipinski definition) is 3. The van der Waals surface area contributed by atoms with Gasteiger partial charge in [0, 0.05) is 5.56 Å². The number of carbonyl (C=O) groups is 1. The monoisotopic (exact) mass is 388 g/mol. The highest BCUT2D eigenvalue weighted by atomic mass is 79.9. The Morgan fingerprint density at radius 2 is 1.83 bits per heavy atom. The summed E-state index contributed by atoms with van der Waals surface area (Å²) in [5.41, 5.74) is 5.22. The second-order valence-corrected chi connectivity index (χ2v) is 7.27. The number of rotatable bonds is 4. The van der Waals surface area contributed by atoms with E-state index < -0.39 is 0 Å². The Labute approximate surface area is 151 Å². The fourth-order valence-electron chi connectivity index (χ4n) is 2.11. The first kappa shape index (κ1) is 18.2. The fourth-order valence-corrected chi connectivity index (χ4v) is 2.67. The van der Waals surface area contributed by atoms with E-state index >= 15 is 0 Å². The van der Waals surface area contributed by atoms with Gasteiger partial charge < -0.3 is 4.74 Å². The molecule has 5 heteroatoms. The SMILES string of the molecule is COc1ccc(/C=N/NC(=O)c2ccc(C(C)(C)C)cc2)cc1Br. The van der Waals surface area contributed by atoms with Gasteiger partial charge in [0.05, 0.1) is 17.8 Å². The highest BCUT2D eigenvalue weighted by Crippen LogP contribution is 2.25. The second-order valence-electron chi connectivity index (χ2n) is 6.42. The number of ether oxygens (including phenoxy) is 1. The third-order valence-electron chi connectivity index (χ3n) is 3.57. The first-order valence-electron chi connectivity index (χ1n) is 7.59. The summed E-state index contributed by atoms with van der Waals surface area (Å²) in [6.07, 6.45) is 1.59. The maximum atomic E-state index is 12.1. The number of methoxy groups -OCH3 is 1. The number of halogens is 1. The minimum atomic E-state index is -0.237. The summed E-state index contributed by atoms with van der Waals surface area (Å²) in [5.74, 6) is 0.509. The Kier molecular flexibility index (Phi) is 5.78. The molecule has 0 bridgehead atoms. The van der Waals surface area contributed by atoms with Gasteiger partial charge in [0.25, 0.3) is 5.91 Å². The van der Waals surface area contributed by atoms with Crippen molar-refractivity contribution in [3.63, 3.8) is 0 Å². The Hall–Kier alpha value is -2.14. The van der Waals surface area contributed by atoms with Crippen LogP contribution in [0.2, 0.25) is 0 Å². The van der Waals surface area contributed by atoms with Gasteiger partial charge in [-0.25, -0.2) is 5.43 Å². The van der Waals surface area contributed by atoms with Gasteiger partial charge in [-0.15, -0.1) is 0 Å². The van der Waals surface area contributed by atoms with Gasteiger partial charge in [-0.05, 0) is 62.8 Å². The molecule has 0 atom stereocenters. The van der Waals surface area contributed by atoms with Gasteiger partial charge in [-0.2, -0.15) is 5.10 Å². The minimum absolute atomic E-state index is 0.0644. The van der Waals surface area contributed by atoms with Gasteiger partial charge in [-0.3, -0.25) is 4.79 Å². The van der Waals surface area contributed by atoms with Crippen LogP contribution in [-0.2, 0) is 5.41 Å². The normalized spacial score (nSPS) is 11.5. The van der Waals surface area contributed by atoms with E-state index in [9.17, 15) is 4.79 Å². The van der Waals surface area contributed by atoms with Crippen LogP contribution in [0.25, 0.3) is 0 Å². The van der Waals surface area contributed by atoms with E-state index in [0.717, 1.165) is 15.8 Å². The summed E-state index contributed by atoms with van der Waals surface area (Å²) in [6, 6.07) is 13.1. The minimum Gasteiger partial charge on any atom is -0.496 e. The highest BCUT2D eigenvalue weighted by molar-refractivity contribution is 9.10. The third-order valence-corrected chi connectivity index (χ3v) is 4.19. The van der Waals surface area contributed by atoms with Crippen molar-refractivity contribution in [3.05, 3.63) is 63.6 Å². The number of hydrazone groups is 1. The number of benzene rings is 2. The average Bonchev–Trinajstić information content (AvgIpc) is 2.54. The summed E-state index contributed by atoms with van der Waals surface area (Å²) in [4.78, 5) is 12.1. The van der Waals surface area contributed by atoms with Gasteiger partial charge in [0.1, 0.15) is 5.75 Å². The third kappa shape index (κ3) is 4.68. The van der Waals surface area contributed by atoms with Crippen LogP contribution < -0.4 is 10.2 Å². The van der Waals surface area contributed by atoms with Crippen LogP contribution in [0.4, 0.5) is 0 Å². The summed E-state index contributed by atoms with van der Waals surface area (Å²) >= 11 is 3.41. The maximum Gasteiger partial charge on any atom is 0.271 e. The van der Waals surface area contributed by atoms with Crippen LogP contribution in [0.15, 0.2) is 52.0 Å². The molecule has 0 aliphatic rings. The van der Waals surface area contributed by atoms with Crippen molar-refractivity contribution in [1.82, 2.24) is 5.43 Å². The van der Waals surface area contributed by atoms with Crippen molar-refractivity contribution in [1.29, 1.82) is 0 Å². The van der Waals surface area contributed by atoms with E-state index in [1.54, 1.807) is 13.3 Å². The molecule has 2 aromatic carbocycles. The van der Waals surface area contributed by atoms with E-state index in [4.69, 9.17) is 4.74 Å². The van der Waals surface area contributed by atoms with Crippen molar-refractivity contribution in [2.24, 2.45) is 5.10 Å². The van der Waals surface area contributed by atoms with Crippen molar-refractivity contribution < 1.29 is 9.53 Å². The summed E-state index contributed by atoms with van der Waals surface area (Å²) in [7, 11) is 1.61. The number of hydrogen-bond donors (Lipinski definition) is 1. The lowest BCUT2D eigenvalue weighted by Gasteiger charge is -2.18. The van der Waals surface area contributed by atoms with Gasteiger partial charge in [-0.1, -0.05) is 32.9 Å². The molecule has 2 aromatic rings. The molecule has 0 heterocycles. The van der Waals surface area contributed by atoms with Crippen LogP contribution >= 0.6 is 15.9 Å². The smallest absolute Gasteiger partial charge is 0.271 e. The molecule has 0 saturated heterocycles. The van der Waals surface area contributed by atoms with Gasteiger partial charge >= 0.3 is 0 Å². The van der Waals surface area contributed by atoms with E-state index in [2.05, 4.69) is 47.2 Å². The Morgan fingerprint density at radius 3 is 2.38 bits per heavy atom. The van der Waals surface area contributed by atoms with E-state index in [1.807, 2.05) is 42.5 Å². The maximum absolute atomic E-state index is 12.1. The quantitative estimate of drug-likeness (QED) is 0.618. The summed E-state index contributed by atoms with van der Waals surface area (Å²) in [6.45, 7) is 6.41. The zero-order chi connectivity index (χ0) is 17.7. The number of nitrogens with one attached hydrogen (secondary N) is 1. The lowest BCUT2D eigenvalue weighted by atomic mass is 9.87. The topological polar surface area (TPSA) is 50.7 Å². The second kappa shape index (κ2) is 7.62. The van der Waals surface area contributed by atoms with Crippen molar-refractivity contribution in [2.45, 2.75) is 26.2 Å². The molecular formula is C19H21BrN2O2. The van der Waals surface area contributed by atoms with Crippen LogP contribution in [0.1, 0.15) is 42.3 Å². The van der Waals surface area contributed by atoms with Crippen LogP contribution in [0.5, 0.6) is 5.75 Å². The van der Waals surface area contributed by atoms with Crippen LogP contribution in [-0.4, -0.2) is 19.2 Å². The van der Waals surface area contributed by atoms with Crippen molar-refractivity contribution in [2.75, 3.05) is 7.11 Å². The molecule has 126 valence electrons. The Balaban J connectivity index is 2.01. The Bertz CT molecular complexity index is 747. The first-order valence-corrected chi connectivity index (χ1v) is 8.38. The first-order chi connectivity index (χ1) is 11.3. The van der Waals surface area contributed by atoms with Crippen molar-refractivity contribution in [3.8, 4) is 5.75 Å². The number of carbonyl (C=O) groups excluding carboxylic acids is 1. The summed E-state index contributed by atoms with van der Waals surface area (Å²) < 4.78 is 6.00. The lowest BCUT2D eigenvalue weighted by molar-refractivity contribution is 0.0955. The molecule has 0 unspecified atom stereocenters. The molecular weight excluding hydrogens is 368 g/mol. The predicted molar refractivity (Wildman–Crippen MR) is 101 cm³/mol. The summed E-state index contributed by atoms with van der Waals surface area (Å²) in [5, 5.41) is 4.00. The van der Waals surface area contributed by atoms with E-state index in [1.165, 1.54) is 5.56 Å². The molecule has 0 fully saturated rings. The number of amides is 1. The van der Waals surface area contributed by atoms with E-state index in [-0.39, 0.29) is 11.3 Å². The Morgan fingerprint density at radius 1 is 1.17 bits per heavy atom. The van der Waals surface area contributed by atoms with Crippen molar-refractivity contribution >= 4 is 28.1 Å². The van der Waals surface area contributed by atoms with E-state index in [0.29, 0.717) is 5.56 Å². The molecule has 2 rings (SSSR count). The highest BCUT2D eigenvalue weighted by Gasteiger charge is 2.14. The number of nitrogens with zero attached hydrogens (tertiary/aromatic N) is 1. The van der Waals surface area contributed by atoms with Gasteiger partial charge in [0.15, 0.2) is 0 Å². The fraction of sp³-hybridized carbons (Fsp3) is 0.263. The predicted octanol–water partition coefficient (Wildman–Crippen LogP) is 4.52. The van der Waals surface area contributed by atoms with Gasteiger partial charge in [0.2, 0.25) is 0 Å². The largest absolute Gasteiger partial charge is 0.496 e. The molecule has 0 radical (unpaired) electrons. The molecule has 0 spiro atoms. The zero-order valence-corrected chi connectivity index (χ0v) is 15.8. The molecule has 1 N–H and O–H groups in total. The molecule has 0 aliphatic heterocycles. The van der Waals surface area contributed by atoms with Crippen LogP contribution in [0, 0.1) is 0 Å². The molecule has 24 heavy (non-hydrogen) atoms. The van der Waals surface area contributed by atoms with Crippen LogP contribution in [0.3, 0.4) is 0 Å². The molecule has 0 aliphatic carbocycles. The molecule has 0 aromatic heterocycles. The molecule has 0 saturated carbocycles. The standard InChI is InChI=1S/C19H21BrN2O2/c1-19(2,3)15-8-6-14(7-9-15)18(23)22-21-12-13-5-10-17(24-4)16(20)11-13/h5-12H,1-4H3,(H,22,23)/b21-12+. The molecule has 4 nitrogen and oxygen atoms in total. The lowest BCUT2D eigenvalue weighted by Crippen LogP contribution is -2.18. The molecule has 1 amide bonds. The zero-order valence-electron chi connectivity index (χ0n) is 14.3.